The molecule has 2 aromatic rings. The van der Waals surface area contributed by atoms with Crippen molar-refractivity contribution in [3.63, 3.8) is 0 Å². The topological polar surface area (TPSA) is 47.3 Å². The number of hydrogen-bond acceptors (Lipinski definition) is 3. The minimum Gasteiger partial charge on any atom is -0.392 e. The van der Waals surface area contributed by atoms with Crippen LogP contribution in [0.25, 0.3) is 11.1 Å². The van der Waals surface area contributed by atoms with Gasteiger partial charge in [-0.3, -0.25) is 4.68 Å². The number of rotatable bonds is 4. The van der Waals surface area contributed by atoms with Crippen molar-refractivity contribution >= 4 is 0 Å². The van der Waals surface area contributed by atoms with Crippen LogP contribution in [-0.2, 0) is 17.9 Å². The van der Waals surface area contributed by atoms with Crippen molar-refractivity contribution in [2.75, 3.05) is 13.2 Å². The Hall–Kier alpha value is -1.72. The number of aromatic nitrogens is 2. The van der Waals surface area contributed by atoms with E-state index in [1.807, 2.05) is 10.9 Å². The van der Waals surface area contributed by atoms with Crippen molar-refractivity contribution in [3.05, 3.63) is 42.0 Å². The number of aliphatic hydroxyl groups is 1. The van der Waals surface area contributed by atoms with Crippen LogP contribution in [0.2, 0.25) is 0 Å². The lowest BCUT2D eigenvalue weighted by Crippen LogP contribution is -2.20. The van der Waals surface area contributed by atoms with E-state index in [2.05, 4.69) is 5.10 Å². The molecule has 1 N–H and O–H groups in total. The van der Waals surface area contributed by atoms with Gasteiger partial charge in [0.1, 0.15) is 5.82 Å². The van der Waals surface area contributed by atoms with Gasteiger partial charge in [0.25, 0.3) is 0 Å². The maximum atomic E-state index is 14.2. The summed E-state index contributed by atoms with van der Waals surface area (Å²) in [7, 11) is 0. The van der Waals surface area contributed by atoms with Gasteiger partial charge in [0, 0.05) is 42.6 Å². The highest BCUT2D eigenvalue weighted by Gasteiger charge is 2.16. The minimum absolute atomic E-state index is 0.296. The van der Waals surface area contributed by atoms with Gasteiger partial charge < -0.3 is 9.84 Å². The molecule has 0 aliphatic carbocycles. The zero-order valence-electron chi connectivity index (χ0n) is 11.8. The molecule has 1 aliphatic heterocycles. The minimum atomic E-state index is -0.370. The number of ether oxygens (including phenoxy) is 1. The second-order valence-corrected chi connectivity index (χ2v) is 5.44. The van der Waals surface area contributed by atoms with Gasteiger partial charge in [0.05, 0.1) is 12.8 Å². The zero-order chi connectivity index (χ0) is 14.7. The highest BCUT2D eigenvalue weighted by atomic mass is 19.1. The summed E-state index contributed by atoms with van der Waals surface area (Å²) in [6.07, 6.45) is 5.64. The Bertz CT molecular complexity index is 606. The number of nitrogens with zero attached hydrogens (tertiary/aromatic N) is 2. The molecule has 4 nitrogen and oxygen atoms in total. The van der Waals surface area contributed by atoms with Gasteiger partial charge in [-0.25, -0.2) is 4.39 Å². The summed E-state index contributed by atoms with van der Waals surface area (Å²) in [6, 6.07) is 5.05. The number of halogens is 1. The molecule has 0 radical (unpaired) electrons. The average molecular weight is 290 g/mol. The summed E-state index contributed by atoms with van der Waals surface area (Å²) in [5.41, 5.74) is 1.54. The third-order valence-electron chi connectivity index (χ3n) is 3.98. The monoisotopic (exact) mass is 290 g/mol. The van der Waals surface area contributed by atoms with Crippen molar-refractivity contribution < 1.29 is 14.2 Å². The summed E-state index contributed by atoms with van der Waals surface area (Å²) >= 11 is 0. The van der Waals surface area contributed by atoms with E-state index >= 15 is 0 Å². The van der Waals surface area contributed by atoms with Crippen molar-refractivity contribution in [3.8, 4) is 11.1 Å². The summed E-state index contributed by atoms with van der Waals surface area (Å²) in [4.78, 5) is 0. The lowest BCUT2D eigenvalue weighted by Gasteiger charge is -2.21. The van der Waals surface area contributed by atoms with Gasteiger partial charge in [-0.05, 0) is 18.8 Å². The molecule has 1 aliphatic rings. The van der Waals surface area contributed by atoms with Crippen molar-refractivity contribution in [1.82, 2.24) is 9.78 Å². The fraction of sp³-hybridized carbons (Fsp3) is 0.438. The first-order valence-electron chi connectivity index (χ1n) is 7.26. The second-order valence-electron chi connectivity index (χ2n) is 5.44. The lowest BCUT2D eigenvalue weighted by atomic mass is 10.0. The SMILES string of the molecule is OCc1cccc(-c2cnn(CC3CCOCC3)c2)c1F. The molecule has 0 atom stereocenters. The highest BCUT2D eigenvalue weighted by Crippen LogP contribution is 2.25. The quantitative estimate of drug-likeness (QED) is 0.941. The summed E-state index contributed by atoms with van der Waals surface area (Å²) < 4.78 is 21.4. The fourth-order valence-electron chi connectivity index (χ4n) is 2.72. The van der Waals surface area contributed by atoms with Crippen molar-refractivity contribution in [2.24, 2.45) is 5.92 Å². The van der Waals surface area contributed by atoms with Gasteiger partial charge in [0.15, 0.2) is 0 Å². The van der Waals surface area contributed by atoms with Crippen LogP contribution in [-0.4, -0.2) is 28.1 Å². The third kappa shape index (κ3) is 3.14. The van der Waals surface area contributed by atoms with Crippen molar-refractivity contribution in [2.45, 2.75) is 26.0 Å². The van der Waals surface area contributed by atoms with Crippen LogP contribution >= 0.6 is 0 Å². The standard InChI is InChI=1S/C16H19FN2O2/c17-16-13(11-20)2-1-3-15(16)14-8-18-19(10-14)9-12-4-6-21-7-5-12/h1-3,8,10,12,20H,4-7,9,11H2. The molecular formula is C16H19FN2O2. The van der Waals surface area contributed by atoms with Gasteiger partial charge >= 0.3 is 0 Å². The average Bonchev–Trinajstić information content (AvgIpc) is 2.97. The Morgan fingerprint density at radius 1 is 1.33 bits per heavy atom. The predicted molar refractivity (Wildman–Crippen MR) is 77.1 cm³/mol. The normalized spacial score (nSPS) is 16.3. The molecule has 1 aromatic carbocycles. The zero-order valence-corrected chi connectivity index (χ0v) is 11.8. The van der Waals surface area contributed by atoms with E-state index in [4.69, 9.17) is 9.84 Å². The number of hydrogen-bond donors (Lipinski definition) is 1. The first kappa shape index (κ1) is 14.2. The molecule has 2 heterocycles. The molecule has 5 heteroatoms. The number of aliphatic hydroxyl groups excluding tert-OH is 1. The van der Waals surface area contributed by atoms with Crippen LogP contribution in [0.5, 0.6) is 0 Å². The Kier molecular flexibility index (Phi) is 4.31. The molecule has 0 unspecified atom stereocenters. The molecule has 21 heavy (non-hydrogen) atoms. The Labute approximate surface area is 123 Å². The van der Waals surface area contributed by atoms with Crippen LogP contribution in [0, 0.1) is 11.7 Å². The Morgan fingerprint density at radius 2 is 2.14 bits per heavy atom. The van der Waals surface area contributed by atoms with E-state index in [0.717, 1.165) is 38.2 Å². The molecule has 1 aromatic heterocycles. The first-order chi connectivity index (χ1) is 10.3. The smallest absolute Gasteiger partial charge is 0.136 e. The van der Waals surface area contributed by atoms with E-state index in [9.17, 15) is 4.39 Å². The van der Waals surface area contributed by atoms with Crippen molar-refractivity contribution in [1.29, 1.82) is 0 Å². The summed E-state index contributed by atoms with van der Waals surface area (Å²) in [5.74, 6) is 0.200. The molecule has 1 fully saturated rings. The van der Waals surface area contributed by atoms with Crippen LogP contribution in [0.3, 0.4) is 0 Å². The molecule has 112 valence electrons. The molecule has 0 bridgehead atoms. The van der Waals surface area contributed by atoms with Crippen LogP contribution in [0.4, 0.5) is 4.39 Å². The van der Waals surface area contributed by atoms with Crippen LogP contribution in [0.1, 0.15) is 18.4 Å². The summed E-state index contributed by atoms with van der Waals surface area (Å²) in [5, 5.41) is 13.5. The van der Waals surface area contributed by atoms with Gasteiger partial charge in [-0.15, -0.1) is 0 Å². The molecule has 1 saturated heterocycles. The molecular weight excluding hydrogens is 271 g/mol. The van der Waals surface area contributed by atoms with Gasteiger partial charge in [-0.1, -0.05) is 18.2 Å². The van der Waals surface area contributed by atoms with E-state index in [-0.39, 0.29) is 12.4 Å². The van der Waals surface area contributed by atoms with Gasteiger partial charge in [0.2, 0.25) is 0 Å². The molecule has 0 saturated carbocycles. The highest BCUT2D eigenvalue weighted by molar-refractivity contribution is 5.63. The van der Waals surface area contributed by atoms with E-state index < -0.39 is 0 Å². The largest absolute Gasteiger partial charge is 0.392 e. The Morgan fingerprint density at radius 3 is 2.90 bits per heavy atom. The second kappa shape index (κ2) is 6.37. The molecule has 3 rings (SSSR count). The first-order valence-corrected chi connectivity index (χ1v) is 7.26. The number of benzene rings is 1. The predicted octanol–water partition coefficient (Wildman–Crippen LogP) is 2.61. The Balaban J connectivity index is 1.78. The third-order valence-corrected chi connectivity index (χ3v) is 3.98. The van der Waals surface area contributed by atoms with Crippen LogP contribution in [0.15, 0.2) is 30.6 Å². The maximum absolute atomic E-state index is 14.2. The van der Waals surface area contributed by atoms with Crippen LogP contribution < -0.4 is 0 Å². The summed E-state index contributed by atoms with van der Waals surface area (Å²) in [6.45, 7) is 2.17. The lowest BCUT2D eigenvalue weighted by molar-refractivity contribution is 0.0601. The van der Waals surface area contributed by atoms with Gasteiger partial charge in [-0.2, -0.15) is 5.10 Å². The fourth-order valence-corrected chi connectivity index (χ4v) is 2.72. The molecule has 0 spiro atoms. The van der Waals surface area contributed by atoms with E-state index in [0.29, 0.717) is 17.0 Å². The van der Waals surface area contributed by atoms with E-state index in [1.54, 1.807) is 24.4 Å². The van der Waals surface area contributed by atoms with E-state index in [1.165, 1.54) is 0 Å². The molecule has 0 amide bonds. The maximum Gasteiger partial charge on any atom is 0.136 e.